The maximum absolute atomic E-state index is 12.5. The van der Waals surface area contributed by atoms with E-state index < -0.39 is 0 Å². The van der Waals surface area contributed by atoms with Crippen LogP contribution in [0.1, 0.15) is 11.4 Å². The highest BCUT2D eigenvalue weighted by Crippen LogP contribution is 2.28. The van der Waals surface area contributed by atoms with E-state index in [0.29, 0.717) is 18.0 Å². The van der Waals surface area contributed by atoms with Gasteiger partial charge in [0.25, 0.3) is 0 Å². The Morgan fingerprint density at radius 2 is 2.00 bits per heavy atom. The van der Waals surface area contributed by atoms with Gasteiger partial charge in [-0.3, -0.25) is 4.79 Å². The van der Waals surface area contributed by atoms with E-state index in [-0.39, 0.29) is 12.3 Å². The van der Waals surface area contributed by atoms with Gasteiger partial charge in [0.2, 0.25) is 5.91 Å². The van der Waals surface area contributed by atoms with Crippen molar-refractivity contribution in [3.8, 4) is 15.6 Å². The summed E-state index contributed by atoms with van der Waals surface area (Å²) in [7, 11) is 0. The first kappa shape index (κ1) is 17.8. The number of thiazole rings is 2. The Labute approximate surface area is 168 Å². The summed E-state index contributed by atoms with van der Waals surface area (Å²) in [6, 6.07) is 11.4. The number of hydrogen-bond donors (Lipinski definition) is 1. The summed E-state index contributed by atoms with van der Waals surface area (Å²) in [6.45, 7) is 0.368. The van der Waals surface area contributed by atoms with Gasteiger partial charge in [-0.2, -0.15) is 0 Å². The molecule has 1 amide bonds. The molecular weight excluding hydrogens is 398 g/mol. The van der Waals surface area contributed by atoms with Crippen LogP contribution in [0.2, 0.25) is 0 Å². The van der Waals surface area contributed by atoms with Crippen molar-refractivity contribution in [2.24, 2.45) is 0 Å². The fourth-order valence-corrected chi connectivity index (χ4v) is 4.59. The molecular formula is C19H15N3O2S3. The molecule has 1 N–H and O–H groups in total. The molecule has 1 aromatic carbocycles. The predicted molar refractivity (Wildman–Crippen MR) is 111 cm³/mol. The number of ether oxygens (including phenoxy) is 1. The lowest BCUT2D eigenvalue weighted by Gasteiger charge is -2.11. The normalized spacial score (nSPS) is 10.7. The van der Waals surface area contributed by atoms with Crippen LogP contribution in [0.5, 0.6) is 5.75 Å². The third-order valence-electron chi connectivity index (χ3n) is 3.65. The van der Waals surface area contributed by atoms with E-state index in [2.05, 4.69) is 15.3 Å². The van der Waals surface area contributed by atoms with Crippen molar-refractivity contribution in [3.63, 3.8) is 0 Å². The molecule has 0 aliphatic heterocycles. The molecule has 0 unspecified atom stereocenters. The van der Waals surface area contributed by atoms with Crippen LogP contribution >= 0.6 is 34.0 Å². The number of hydrogen-bond acceptors (Lipinski definition) is 7. The minimum absolute atomic E-state index is 0.122. The van der Waals surface area contributed by atoms with Crippen molar-refractivity contribution in [1.29, 1.82) is 0 Å². The van der Waals surface area contributed by atoms with Gasteiger partial charge in [0, 0.05) is 10.8 Å². The molecule has 0 saturated heterocycles. The number of rotatable bonds is 7. The minimum Gasteiger partial charge on any atom is -0.485 e. The van der Waals surface area contributed by atoms with Gasteiger partial charge in [-0.15, -0.1) is 34.0 Å². The van der Waals surface area contributed by atoms with Crippen LogP contribution < -0.4 is 10.1 Å². The third kappa shape index (κ3) is 4.60. The Hall–Kier alpha value is -2.55. The van der Waals surface area contributed by atoms with E-state index in [1.54, 1.807) is 28.2 Å². The molecule has 8 heteroatoms. The number of carbonyl (C=O) groups excluding carboxylic acids is 1. The van der Waals surface area contributed by atoms with Crippen LogP contribution in [0.15, 0.2) is 58.0 Å². The molecule has 0 bridgehead atoms. The first-order chi connectivity index (χ1) is 13.3. The number of thiophene rings is 1. The third-order valence-corrected chi connectivity index (χ3v) is 6.21. The van der Waals surface area contributed by atoms with Gasteiger partial charge in [-0.05, 0) is 23.6 Å². The fourth-order valence-electron chi connectivity index (χ4n) is 2.42. The summed E-state index contributed by atoms with van der Waals surface area (Å²) >= 11 is 4.72. The van der Waals surface area contributed by atoms with Gasteiger partial charge in [-0.25, -0.2) is 9.97 Å². The topological polar surface area (TPSA) is 64.1 Å². The summed E-state index contributed by atoms with van der Waals surface area (Å²) in [4.78, 5) is 22.3. The molecule has 3 aromatic heterocycles. The Morgan fingerprint density at radius 3 is 2.81 bits per heavy atom. The van der Waals surface area contributed by atoms with E-state index in [9.17, 15) is 4.79 Å². The van der Waals surface area contributed by atoms with Crippen LogP contribution in [0.3, 0.4) is 0 Å². The first-order valence-corrected chi connectivity index (χ1v) is 10.8. The number of anilines is 1. The molecule has 0 aliphatic rings. The second-order valence-corrected chi connectivity index (χ2v) is 8.14. The number of carbonyl (C=O) groups is 1. The Kier molecular flexibility index (Phi) is 5.57. The zero-order valence-electron chi connectivity index (χ0n) is 14.1. The minimum atomic E-state index is -0.122. The van der Waals surface area contributed by atoms with Gasteiger partial charge in [-0.1, -0.05) is 18.2 Å². The largest absolute Gasteiger partial charge is 0.485 e. The molecule has 3 heterocycles. The highest BCUT2D eigenvalue weighted by Gasteiger charge is 2.12. The molecule has 5 nitrogen and oxygen atoms in total. The van der Waals surface area contributed by atoms with Crippen LogP contribution in [0.25, 0.3) is 9.88 Å². The summed E-state index contributed by atoms with van der Waals surface area (Å²) in [5, 5.41) is 9.75. The van der Waals surface area contributed by atoms with E-state index in [1.807, 2.05) is 52.5 Å². The second-order valence-electron chi connectivity index (χ2n) is 5.61. The Balaban J connectivity index is 1.39. The smallest absolute Gasteiger partial charge is 0.230 e. The van der Waals surface area contributed by atoms with Gasteiger partial charge in [0.1, 0.15) is 17.4 Å². The predicted octanol–water partition coefficient (Wildman–Crippen LogP) is 5.09. The van der Waals surface area contributed by atoms with Crippen molar-refractivity contribution in [2.75, 3.05) is 5.32 Å². The lowest BCUT2D eigenvalue weighted by Crippen LogP contribution is -2.15. The quantitative estimate of drug-likeness (QED) is 0.458. The molecule has 0 atom stereocenters. The van der Waals surface area contributed by atoms with Crippen LogP contribution in [0, 0.1) is 0 Å². The second kappa shape index (κ2) is 8.43. The Bertz CT molecular complexity index is 1010. The van der Waals surface area contributed by atoms with Crippen molar-refractivity contribution in [2.45, 2.75) is 13.0 Å². The maximum Gasteiger partial charge on any atom is 0.230 e. The van der Waals surface area contributed by atoms with Crippen molar-refractivity contribution < 1.29 is 9.53 Å². The first-order valence-electron chi connectivity index (χ1n) is 8.15. The SMILES string of the molecule is O=C(Cc1csc(-c2cccs2)n1)Nc1ccccc1OCc1cscn1. The van der Waals surface area contributed by atoms with Crippen molar-refractivity contribution in [1.82, 2.24) is 9.97 Å². The highest BCUT2D eigenvalue weighted by atomic mass is 32.1. The average Bonchev–Trinajstić information content (AvgIpc) is 3.43. The fraction of sp³-hybridized carbons (Fsp3) is 0.105. The molecule has 0 saturated carbocycles. The summed E-state index contributed by atoms with van der Waals surface area (Å²) in [6.07, 6.45) is 0.224. The molecule has 0 radical (unpaired) electrons. The van der Waals surface area contributed by atoms with Crippen molar-refractivity contribution in [3.05, 3.63) is 69.4 Å². The number of para-hydroxylation sites is 2. The molecule has 4 aromatic rings. The standard InChI is InChI=1S/C19H15N3O2S3/c23-18(8-13-11-27-19(21-13)17-6-3-7-26-17)22-15-4-1-2-5-16(15)24-9-14-10-25-12-20-14/h1-7,10-12H,8-9H2,(H,22,23). The zero-order chi connectivity index (χ0) is 18.5. The number of nitrogens with one attached hydrogen (secondary N) is 1. The number of amides is 1. The van der Waals surface area contributed by atoms with Gasteiger partial charge >= 0.3 is 0 Å². The lowest BCUT2D eigenvalue weighted by molar-refractivity contribution is -0.115. The number of nitrogens with zero attached hydrogens (tertiary/aromatic N) is 2. The average molecular weight is 414 g/mol. The highest BCUT2D eigenvalue weighted by molar-refractivity contribution is 7.20. The lowest BCUT2D eigenvalue weighted by atomic mass is 10.2. The van der Waals surface area contributed by atoms with Crippen molar-refractivity contribution >= 4 is 45.6 Å². The van der Waals surface area contributed by atoms with Gasteiger partial charge in [0.05, 0.1) is 33.9 Å². The molecule has 136 valence electrons. The zero-order valence-corrected chi connectivity index (χ0v) is 16.6. The number of aromatic nitrogens is 2. The van der Waals surface area contributed by atoms with E-state index in [1.165, 1.54) is 11.3 Å². The summed E-state index contributed by atoms with van der Waals surface area (Å²) < 4.78 is 5.80. The maximum atomic E-state index is 12.5. The molecule has 4 rings (SSSR count). The van der Waals surface area contributed by atoms with Gasteiger partial charge < -0.3 is 10.1 Å². The molecule has 0 fully saturated rings. The number of benzene rings is 1. The van der Waals surface area contributed by atoms with E-state index in [0.717, 1.165) is 21.3 Å². The van der Waals surface area contributed by atoms with Crippen LogP contribution in [0.4, 0.5) is 5.69 Å². The summed E-state index contributed by atoms with van der Waals surface area (Å²) in [5.41, 5.74) is 4.04. The van der Waals surface area contributed by atoms with Crippen LogP contribution in [-0.2, 0) is 17.8 Å². The molecule has 0 aliphatic carbocycles. The molecule has 27 heavy (non-hydrogen) atoms. The Morgan fingerprint density at radius 1 is 1.07 bits per heavy atom. The monoisotopic (exact) mass is 413 g/mol. The van der Waals surface area contributed by atoms with Crippen LogP contribution in [-0.4, -0.2) is 15.9 Å². The van der Waals surface area contributed by atoms with Gasteiger partial charge in [0.15, 0.2) is 0 Å². The van der Waals surface area contributed by atoms with E-state index >= 15 is 0 Å². The summed E-state index contributed by atoms with van der Waals surface area (Å²) in [5.74, 6) is 0.499. The molecule has 0 spiro atoms. The van der Waals surface area contributed by atoms with E-state index in [4.69, 9.17) is 4.74 Å².